The summed E-state index contributed by atoms with van der Waals surface area (Å²) in [4.78, 5) is 18.1. The normalized spacial score (nSPS) is 19.6. The molecule has 0 spiro atoms. The van der Waals surface area contributed by atoms with E-state index in [0.717, 1.165) is 11.1 Å². The second kappa shape index (κ2) is 4.52. The zero-order valence-corrected chi connectivity index (χ0v) is 11.1. The number of carbonyl (C=O) groups excluding carboxylic acids is 1. The molecule has 2 heterocycles. The number of amides is 1. The van der Waals surface area contributed by atoms with Crippen molar-refractivity contribution in [2.24, 2.45) is 4.99 Å². The maximum Gasteiger partial charge on any atom is 0.282 e. The Labute approximate surface area is 116 Å². The lowest BCUT2D eigenvalue weighted by atomic mass is 10.2. The smallest absolute Gasteiger partial charge is 0.266 e. The van der Waals surface area contributed by atoms with Crippen LogP contribution in [-0.2, 0) is 4.79 Å². The van der Waals surface area contributed by atoms with Crippen molar-refractivity contribution in [2.45, 2.75) is 6.92 Å². The lowest BCUT2D eigenvalue weighted by Crippen LogP contribution is -2.27. The van der Waals surface area contributed by atoms with Gasteiger partial charge in [0.25, 0.3) is 5.91 Å². The molecule has 94 valence electrons. The van der Waals surface area contributed by atoms with Crippen LogP contribution >= 0.6 is 11.6 Å². The molecule has 0 unspecified atom stereocenters. The van der Waals surface area contributed by atoms with Crippen LogP contribution in [0.3, 0.4) is 0 Å². The Balaban J connectivity index is 1.96. The van der Waals surface area contributed by atoms with Gasteiger partial charge in [0, 0.05) is 11.2 Å². The number of allylic oxidation sites excluding steroid dienone is 2. The first-order chi connectivity index (χ1) is 9.13. The minimum absolute atomic E-state index is 0.103. The van der Waals surface area contributed by atoms with Crippen molar-refractivity contribution in [3.63, 3.8) is 0 Å². The molecule has 1 aromatic rings. The van der Waals surface area contributed by atoms with Crippen LogP contribution < -0.4 is 0 Å². The fourth-order valence-corrected chi connectivity index (χ4v) is 2.08. The Morgan fingerprint density at radius 2 is 1.95 bits per heavy atom. The minimum atomic E-state index is -0.103. The first kappa shape index (κ1) is 11.9. The fourth-order valence-electron chi connectivity index (χ4n) is 1.96. The van der Waals surface area contributed by atoms with Gasteiger partial charge in [0.2, 0.25) is 0 Å². The molecule has 0 bridgehead atoms. The summed E-state index contributed by atoms with van der Waals surface area (Å²) in [7, 11) is 0. The number of nitrogens with zero attached hydrogens (tertiary/aromatic N) is 2. The first-order valence-electron chi connectivity index (χ1n) is 5.89. The molecule has 0 fully saturated rings. The molecule has 2 aliphatic heterocycles. The van der Waals surface area contributed by atoms with E-state index in [1.54, 1.807) is 29.3 Å². The van der Waals surface area contributed by atoms with Gasteiger partial charge in [-0.05, 0) is 42.3 Å². The largest absolute Gasteiger partial charge is 0.282 e. The van der Waals surface area contributed by atoms with Gasteiger partial charge >= 0.3 is 0 Å². The molecule has 3 nitrogen and oxygen atoms in total. The van der Waals surface area contributed by atoms with Crippen molar-refractivity contribution < 1.29 is 4.79 Å². The average molecular weight is 271 g/mol. The SMILES string of the molecule is CC1=CN2C(=O)/C(=C/c3ccc(Cl)cc3)N=C2C=C1. The standard InChI is InChI=1S/C15H11ClN2O/c1-10-2-7-14-17-13(15(19)18(14)9-10)8-11-3-5-12(16)6-4-11/h2-9H,1H3/b13-8-. The summed E-state index contributed by atoms with van der Waals surface area (Å²) in [6.07, 6.45) is 7.34. The highest BCUT2D eigenvalue weighted by Gasteiger charge is 2.28. The van der Waals surface area contributed by atoms with Gasteiger partial charge in [0.05, 0.1) is 0 Å². The predicted octanol–water partition coefficient (Wildman–Crippen LogP) is 3.40. The van der Waals surface area contributed by atoms with Crippen LogP contribution in [0.1, 0.15) is 12.5 Å². The van der Waals surface area contributed by atoms with Gasteiger partial charge in [-0.15, -0.1) is 0 Å². The van der Waals surface area contributed by atoms with Crippen LogP contribution in [0.5, 0.6) is 0 Å². The van der Waals surface area contributed by atoms with Crippen molar-refractivity contribution in [1.82, 2.24) is 4.90 Å². The van der Waals surface area contributed by atoms with Gasteiger partial charge in [-0.2, -0.15) is 0 Å². The van der Waals surface area contributed by atoms with Crippen LogP contribution in [0, 0.1) is 0 Å². The molecule has 0 aromatic heterocycles. The summed E-state index contributed by atoms with van der Waals surface area (Å²) in [6.45, 7) is 1.95. The topological polar surface area (TPSA) is 32.7 Å². The Bertz CT molecular complexity index is 666. The molecule has 1 amide bonds. The molecular weight excluding hydrogens is 260 g/mol. The fraction of sp³-hybridized carbons (Fsp3) is 0.0667. The first-order valence-corrected chi connectivity index (χ1v) is 6.27. The van der Waals surface area contributed by atoms with E-state index in [4.69, 9.17) is 11.6 Å². The highest BCUT2D eigenvalue weighted by molar-refractivity contribution is 6.30. The van der Waals surface area contributed by atoms with Crippen LogP contribution in [0.4, 0.5) is 0 Å². The monoisotopic (exact) mass is 270 g/mol. The zero-order valence-electron chi connectivity index (χ0n) is 10.3. The average Bonchev–Trinajstić information content (AvgIpc) is 2.70. The number of rotatable bonds is 1. The Kier molecular flexibility index (Phi) is 2.84. The van der Waals surface area contributed by atoms with Crippen molar-refractivity contribution in [3.8, 4) is 0 Å². The number of benzene rings is 1. The van der Waals surface area contributed by atoms with E-state index in [9.17, 15) is 4.79 Å². The van der Waals surface area contributed by atoms with E-state index in [1.165, 1.54) is 0 Å². The predicted molar refractivity (Wildman–Crippen MR) is 76.6 cm³/mol. The van der Waals surface area contributed by atoms with E-state index in [2.05, 4.69) is 4.99 Å². The van der Waals surface area contributed by atoms with Crippen molar-refractivity contribution in [1.29, 1.82) is 0 Å². The number of aliphatic imine (C=N–C) groups is 1. The lowest BCUT2D eigenvalue weighted by molar-refractivity contribution is -0.120. The Hall–Kier alpha value is -2.13. The molecule has 0 saturated heterocycles. The van der Waals surface area contributed by atoms with Crippen molar-refractivity contribution in [3.05, 3.63) is 64.5 Å². The third-order valence-corrected chi connectivity index (χ3v) is 3.17. The molecule has 1 aromatic carbocycles. The van der Waals surface area contributed by atoms with Crippen LogP contribution in [0.15, 0.2) is 58.9 Å². The van der Waals surface area contributed by atoms with Gasteiger partial charge in [0.1, 0.15) is 11.5 Å². The van der Waals surface area contributed by atoms with Gasteiger partial charge in [-0.25, -0.2) is 4.99 Å². The maximum absolute atomic E-state index is 12.2. The third-order valence-electron chi connectivity index (χ3n) is 2.92. The van der Waals surface area contributed by atoms with Gasteiger partial charge in [-0.3, -0.25) is 9.69 Å². The molecule has 0 radical (unpaired) electrons. The molecule has 2 aliphatic rings. The minimum Gasteiger partial charge on any atom is -0.266 e. The molecular formula is C15H11ClN2O. The summed E-state index contributed by atoms with van der Waals surface area (Å²) >= 11 is 5.83. The van der Waals surface area contributed by atoms with E-state index >= 15 is 0 Å². The molecule has 0 N–H and O–H groups in total. The summed E-state index contributed by atoms with van der Waals surface area (Å²) in [5, 5.41) is 0.671. The van der Waals surface area contributed by atoms with E-state index in [1.807, 2.05) is 31.2 Å². The number of amidine groups is 1. The quantitative estimate of drug-likeness (QED) is 0.720. The van der Waals surface area contributed by atoms with Crippen LogP contribution in [0.25, 0.3) is 6.08 Å². The van der Waals surface area contributed by atoms with Gasteiger partial charge in [-0.1, -0.05) is 29.8 Å². The van der Waals surface area contributed by atoms with Crippen LogP contribution in [0.2, 0.25) is 5.02 Å². The van der Waals surface area contributed by atoms with Crippen LogP contribution in [-0.4, -0.2) is 16.6 Å². The number of hydrogen-bond acceptors (Lipinski definition) is 2. The highest BCUT2D eigenvalue weighted by Crippen LogP contribution is 2.23. The number of fused-ring (bicyclic) bond motifs is 1. The summed E-state index contributed by atoms with van der Waals surface area (Å²) in [6, 6.07) is 7.30. The number of halogens is 1. The molecule has 0 aliphatic carbocycles. The summed E-state index contributed by atoms with van der Waals surface area (Å²) in [5.74, 6) is 0.560. The van der Waals surface area contributed by atoms with Gasteiger partial charge in [0.15, 0.2) is 0 Å². The van der Waals surface area contributed by atoms with E-state index in [-0.39, 0.29) is 5.91 Å². The van der Waals surface area contributed by atoms with Gasteiger partial charge < -0.3 is 0 Å². The summed E-state index contributed by atoms with van der Waals surface area (Å²) in [5.41, 5.74) is 2.37. The second-order valence-electron chi connectivity index (χ2n) is 4.43. The Morgan fingerprint density at radius 1 is 1.21 bits per heavy atom. The number of carbonyl (C=O) groups is 1. The third kappa shape index (κ3) is 2.25. The highest BCUT2D eigenvalue weighted by atomic mass is 35.5. The molecule has 0 saturated carbocycles. The van der Waals surface area contributed by atoms with E-state index < -0.39 is 0 Å². The van der Waals surface area contributed by atoms with Crippen molar-refractivity contribution in [2.75, 3.05) is 0 Å². The zero-order chi connectivity index (χ0) is 13.4. The lowest BCUT2D eigenvalue weighted by Gasteiger charge is -2.14. The molecule has 0 atom stereocenters. The van der Waals surface area contributed by atoms with E-state index in [0.29, 0.717) is 16.6 Å². The molecule has 3 rings (SSSR count). The maximum atomic E-state index is 12.2. The summed E-state index contributed by atoms with van der Waals surface area (Å²) < 4.78 is 0. The second-order valence-corrected chi connectivity index (χ2v) is 4.87. The Morgan fingerprint density at radius 3 is 2.68 bits per heavy atom. The molecule has 19 heavy (non-hydrogen) atoms. The molecule has 4 heteroatoms. The van der Waals surface area contributed by atoms with Crippen molar-refractivity contribution >= 4 is 29.4 Å². The number of hydrogen-bond donors (Lipinski definition) is 0.